The van der Waals surface area contributed by atoms with Crippen molar-refractivity contribution in [3.8, 4) is 11.5 Å². The molecule has 0 aliphatic heterocycles. The number of amides is 1. The summed E-state index contributed by atoms with van der Waals surface area (Å²) in [6.45, 7) is 4.63. The Labute approximate surface area is 141 Å². The van der Waals surface area contributed by atoms with Crippen molar-refractivity contribution in [3.05, 3.63) is 30.1 Å². The van der Waals surface area contributed by atoms with Crippen molar-refractivity contribution in [2.75, 3.05) is 26.5 Å². The molecule has 1 aromatic carbocycles. The first kappa shape index (κ1) is 17.6. The Morgan fingerprint density at radius 2 is 2.00 bits per heavy atom. The van der Waals surface area contributed by atoms with Crippen LogP contribution in [0.1, 0.15) is 19.4 Å². The second kappa shape index (κ2) is 7.20. The van der Waals surface area contributed by atoms with Gasteiger partial charge in [-0.15, -0.1) is 5.10 Å². The van der Waals surface area contributed by atoms with Gasteiger partial charge in [0.25, 0.3) is 0 Å². The van der Waals surface area contributed by atoms with Crippen molar-refractivity contribution in [1.82, 2.24) is 20.1 Å². The van der Waals surface area contributed by atoms with Gasteiger partial charge in [-0.2, -0.15) is 0 Å². The van der Waals surface area contributed by atoms with Crippen molar-refractivity contribution in [2.45, 2.75) is 25.8 Å². The minimum absolute atomic E-state index is 0.0756. The number of benzene rings is 1. The number of nitrogens with one attached hydrogen (secondary N) is 1. The van der Waals surface area contributed by atoms with E-state index in [-0.39, 0.29) is 23.8 Å². The average Bonchev–Trinajstić information content (AvgIpc) is 2.97. The lowest BCUT2D eigenvalue weighted by Crippen LogP contribution is -2.38. The molecule has 1 heterocycles. The van der Waals surface area contributed by atoms with Crippen molar-refractivity contribution in [1.29, 1.82) is 0 Å². The molecule has 0 aliphatic rings. The molecule has 0 atom stereocenters. The van der Waals surface area contributed by atoms with Crippen molar-refractivity contribution in [2.24, 2.45) is 0 Å². The molecule has 0 bridgehead atoms. The van der Waals surface area contributed by atoms with Gasteiger partial charge < -0.3 is 20.5 Å². The SMILES string of the molecule is COc1ccc(C(C)(C)CNC(=O)Cn2cnc(N)n2)cc1OC. The number of hydrogen-bond acceptors (Lipinski definition) is 6. The first-order valence-corrected chi connectivity index (χ1v) is 7.50. The molecule has 8 heteroatoms. The molecule has 1 amide bonds. The van der Waals surface area contributed by atoms with Gasteiger partial charge in [0.15, 0.2) is 11.5 Å². The largest absolute Gasteiger partial charge is 0.493 e. The molecule has 3 N–H and O–H groups in total. The van der Waals surface area contributed by atoms with Crippen molar-refractivity contribution >= 4 is 11.9 Å². The minimum atomic E-state index is -0.281. The number of rotatable bonds is 7. The number of anilines is 1. The van der Waals surface area contributed by atoms with Gasteiger partial charge in [0.1, 0.15) is 12.9 Å². The number of nitrogen functional groups attached to an aromatic ring is 1. The number of nitrogens with zero attached hydrogens (tertiary/aromatic N) is 3. The van der Waals surface area contributed by atoms with Crippen molar-refractivity contribution < 1.29 is 14.3 Å². The number of aromatic nitrogens is 3. The number of nitrogens with two attached hydrogens (primary N) is 1. The minimum Gasteiger partial charge on any atom is -0.493 e. The summed E-state index contributed by atoms with van der Waals surface area (Å²) in [5, 5.41) is 6.79. The zero-order valence-electron chi connectivity index (χ0n) is 14.4. The highest BCUT2D eigenvalue weighted by Crippen LogP contribution is 2.32. The van der Waals surface area contributed by atoms with Crippen LogP contribution in [0.15, 0.2) is 24.5 Å². The molecule has 1 aromatic heterocycles. The monoisotopic (exact) mass is 333 g/mol. The molecule has 130 valence electrons. The predicted octanol–water partition coefficient (Wildman–Crippen LogP) is 0.972. The number of methoxy groups -OCH3 is 2. The zero-order chi connectivity index (χ0) is 17.7. The molecular weight excluding hydrogens is 310 g/mol. The highest BCUT2D eigenvalue weighted by atomic mass is 16.5. The van der Waals surface area contributed by atoms with E-state index in [1.165, 1.54) is 11.0 Å². The van der Waals surface area contributed by atoms with Gasteiger partial charge in [-0.3, -0.25) is 4.79 Å². The van der Waals surface area contributed by atoms with Gasteiger partial charge in [-0.25, -0.2) is 9.67 Å². The molecule has 0 aliphatic carbocycles. The standard InChI is InChI=1S/C16H23N5O3/c1-16(2,11-5-6-12(23-3)13(7-11)24-4)9-18-14(22)8-21-10-19-15(17)20-21/h5-7,10H,8-9H2,1-4H3,(H2,17,20)(H,18,22). The van der Waals surface area contributed by atoms with E-state index < -0.39 is 0 Å². The normalized spacial score (nSPS) is 11.2. The topological polar surface area (TPSA) is 104 Å². The Hall–Kier alpha value is -2.77. The fraction of sp³-hybridized carbons (Fsp3) is 0.438. The van der Waals surface area contributed by atoms with Crippen LogP contribution < -0.4 is 20.5 Å². The summed E-state index contributed by atoms with van der Waals surface area (Å²) in [5.74, 6) is 1.32. The van der Waals surface area contributed by atoms with Gasteiger partial charge in [0, 0.05) is 12.0 Å². The van der Waals surface area contributed by atoms with E-state index in [4.69, 9.17) is 15.2 Å². The maximum atomic E-state index is 12.0. The first-order chi connectivity index (χ1) is 11.4. The lowest BCUT2D eigenvalue weighted by Gasteiger charge is -2.26. The highest BCUT2D eigenvalue weighted by Gasteiger charge is 2.23. The quantitative estimate of drug-likeness (QED) is 0.782. The van der Waals surface area contributed by atoms with Gasteiger partial charge in [0.05, 0.1) is 14.2 Å². The average molecular weight is 333 g/mol. The van der Waals surface area contributed by atoms with Crippen LogP contribution in [0.3, 0.4) is 0 Å². The lowest BCUT2D eigenvalue weighted by atomic mass is 9.84. The van der Waals surface area contributed by atoms with E-state index >= 15 is 0 Å². The lowest BCUT2D eigenvalue weighted by molar-refractivity contribution is -0.122. The summed E-state index contributed by atoms with van der Waals surface area (Å²) in [6.07, 6.45) is 1.42. The maximum Gasteiger partial charge on any atom is 0.241 e. The third kappa shape index (κ3) is 4.15. The molecule has 0 saturated heterocycles. The maximum absolute atomic E-state index is 12.0. The smallest absolute Gasteiger partial charge is 0.241 e. The van der Waals surface area contributed by atoms with Crippen LogP contribution >= 0.6 is 0 Å². The van der Waals surface area contributed by atoms with Gasteiger partial charge in [0.2, 0.25) is 11.9 Å². The first-order valence-electron chi connectivity index (χ1n) is 7.50. The molecule has 2 aromatic rings. The molecule has 2 rings (SSSR count). The van der Waals surface area contributed by atoms with Crippen LogP contribution in [0.4, 0.5) is 5.95 Å². The van der Waals surface area contributed by atoms with Crippen LogP contribution in [0.25, 0.3) is 0 Å². The Balaban J connectivity index is 2.01. The van der Waals surface area contributed by atoms with E-state index in [1.54, 1.807) is 14.2 Å². The summed E-state index contributed by atoms with van der Waals surface area (Å²) in [7, 11) is 3.19. The van der Waals surface area contributed by atoms with E-state index in [1.807, 2.05) is 32.0 Å². The Kier molecular flexibility index (Phi) is 5.28. The molecule has 24 heavy (non-hydrogen) atoms. The number of ether oxygens (including phenoxy) is 2. The van der Waals surface area contributed by atoms with Crippen LogP contribution in [0.5, 0.6) is 11.5 Å². The van der Waals surface area contributed by atoms with Crippen LogP contribution in [-0.4, -0.2) is 41.4 Å². The van der Waals surface area contributed by atoms with Gasteiger partial charge in [-0.1, -0.05) is 19.9 Å². The fourth-order valence-corrected chi connectivity index (χ4v) is 2.27. The molecular formula is C16H23N5O3. The van der Waals surface area contributed by atoms with Crippen LogP contribution in [-0.2, 0) is 16.8 Å². The molecule has 0 radical (unpaired) electrons. The molecule has 8 nitrogen and oxygen atoms in total. The van der Waals surface area contributed by atoms with Gasteiger partial charge >= 0.3 is 0 Å². The van der Waals surface area contributed by atoms with E-state index in [0.717, 1.165) is 5.56 Å². The highest BCUT2D eigenvalue weighted by molar-refractivity contribution is 5.75. The van der Waals surface area contributed by atoms with E-state index in [9.17, 15) is 4.79 Å². The van der Waals surface area contributed by atoms with E-state index in [0.29, 0.717) is 18.0 Å². The second-order valence-electron chi connectivity index (χ2n) is 6.03. The second-order valence-corrected chi connectivity index (χ2v) is 6.03. The third-order valence-corrected chi connectivity index (χ3v) is 3.75. The summed E-state index contributed by atoms with van der Waals surface area (Å²) in [6, 6.07) is 5.74. The van der Waals surface area contributed by atoms with Crippen LogP contribution in [0.2, 0.25) is 0 Å². The van der Waals surface area contributed by atoms with E-state index in [2.05, 4.69) is 15.4 Å². The molecule has 0 unspecified atom stereocenters. The third-order valence-electron chi connectivity index (χ3n) is 3.75. The summed E-state index contributed by atoms with van der Waals surface area (Å²) in [4.78, 5) is 15.8. The number of hydrogen-bond donors (Lipinski definition) is 2. The molecule has 0 saturated carbocycles. The molecule has 0 fully saturated rings. The summed E-state index contributed by atoms with van der Waals surface area (Å²) in [5.41, 5.74) is 6.18. The fourth-order valence-electron chi connectivity index (χ4n) is 2.27. The Morgan fingerprint density at radius 1 is 1.29 bits per heavy atom. The molecule has 0 spiro atoms. The van der Waals surface area contributed by atoms with Crippen molar-refractivity contribution in [3.63, 3.8) is 0 Å². The van der Waals surface area contributed by atoms with Gasteiger partial charge in [-0.05, 0) is 17.7 Å². The number of carbonyl (C=O) groups excluding carboxylic acids is 1. The van der Waals surface area contributed by atoms with Crippen LogP contribution in [0, 0.1) is 0 Å². The predicted molar refractivity (Wildman–Crippen MR) is 90.0 cm³/mol. The Morgan fingerprint density at radius 3 is 2.58 bits per heavy atom. The Bertz CT molecular complexity index is 711. The number of carbonyl (C=O) groups is 1. The summed E-state index contributed by atoms with van der Waals surface area (Å²) >= 11 is 0. The summed E-state index contributed by atoms with van der Waals surface area (Å²) < 4.78 is 12.0. The zero-order valence-corrected chi connectivity index (χ0v) is 14.4.